The fourth-order valence-electron chi connectivity index (χ4n) is 3.64. The minimum absolute atomic E-state index is 0.0601. The highest BCUT2D eigenvalue weighted by Gasteiger charge is 2.31. The topological polar surface area (TPSA) is 86.7 Å². The van der Waals surface area contributed by atoms with E-state index in [4.69, 9.17) is 4.74 Å². The highest BCUT2D eigenvalue weighted by atomic mass is 32.2. The summed E-state index contributed by atoms with van der Waals surface area (Å²) in [5.74, 6) is 0.594. The first-order chi connectivity index (χ1) is 14.6. The second kappa shape index (κ2) is 8.75. The molecule has 1 N–H and O–H groups in total. The van der Waals surface area contributed by atoms with Crippen molar-refractivity contribution in [2.24, 2.45) is 0 Å². The van der Waals surface area contributed by atoms with E-state index in [2.05, 4.69) is 0 Å². The zero-order chi connectivity index (χ0) is 21.1. The van der Waals surface area contributed by atoms with E-state index >= 15 is 0 Å². The second-order valence-corrected chi connectivity index (χ2v) is 7.89. The largest absolute Gasteiger partial charge is 0.772 e. The molecule has 5 nitrogen and oxygen atoms in total. The van der Waals surface area contributed by atoms with Gasteiger partial charge in [-0.25, -0.2) is 0 Å². The van der Waals surface area contributed by atoms with Gasteiger partial charge in [0.15, 0.2) is 0 Å². The summed E-state index contributed by atoms with van der Waals surface area (Å²) in [6.07, 6.45) is 0.908. The second-order valence-electron chi connectivity index (χ2n) is 7.00. The van der Waals surface area contributed by atoms with Gasteiger partial charge < -0.3 is 19.2 Å². The summed E-state index contributed by atoms with van der Waals surface area (Å²) in [5.41, 5.74) is 4.53. The van der Waals surface area contributed by atoms with Gasteiger partial charge in [0.1, 0.15) is 17.8 Å². The number of hydrogen-bond donors (Lipinski definition) is 1. The van der Waals surface area contributed by atoms with Gasteiger partial charge in [0.25, 0.3) is 0 Å². The molecule has 30 heavy (non-hydrogen) atoms. The van der Waals surface area contributed by atoms with Crippen molar-refractivity contribution >= 4 is 28.7 Å². The number of aliphatic hydroxyl groups is 1. The Morgan fingerprint density at radius 1 is 0.933 bits per heavy atom. The monoisotopic (exact) mass is 419 g/mol. The van der Waals surface area contributed by atoms with Crippen LogP contribution in [0.2, 0.25) is 0 Å². The molecule has 2 atom stereocenters. The van der Waals surface area contributed by atoms with Crippen LogP contribution >= 0.6 is 0 Å². The summed E-state index contributed by atoms with van der Waals surface area (Å²) in [7, 11) is 0. The molecule has 1 aliphatic heterocycles. The lowest BCUT2D eigenvalue weighted by atomic mass is 9.83. The maximum absolute atomic E-state index is 12.2. The van der Waals surface area contributed by atoms with Crippen LogP contribution in [-0.4, -0.2) is 20.2 Å². The van der Waals surface area contributed by atoms with Gasteiger partial charge in [-0.3, -0.25) is 4.21 Å². The van der Waals surface area contributed by atoms with Gasteiger partial charge >= 0.3 is 0 Å². The summed E-state index contributed by atoms with van der Waals surface area (Å²) in [4.78, 5) is 12.2. The fourth-order valence-corrected chi connectivity index (χ4v) is 4.10. The lowest BCUT2D eigenvalue weighted by Crippen LogP contribution is -2.15. The van der Waals surface area contributed by atoms with Crippen molar-refractivity contribution in [3.05, 3.63) is 101 Å². The molecule has 152 valence electrons. The molecule has 6 heteroatoms. The first-order valence-corrected chi connectivity index (χ1v) is 10.7. The minimum Gasteiger partial charge on any atom is -0.772 e. The number of allylic oxidation sites excluding steroid dienone is 1. The average molecular weight is 419 g/mol. The van der Waals surface area contributed by atoms with Crippen molar-refractivity contribution in [3.63, 3.8) is 0 Å². The maximum atomic E-state index is 12.2. The van der Waals surface area contributed by atoms with Crippen LogP contribution in [0.3, 0.4) is 0 Å². The van der Waals surface area contributed by atoms with Gasteiger partial charge in [0, 0.05) is 22.5 Å². The zero-order valence-corrected chi connectivity index (χ0v) is 16.8. The molecule has 0 spiro atoms. The van der Waals surface area contributed by atoms with Gasteiger partial charge in [-0.05, 0) is 22.8 Å². The lowest BCUT2D eigenvalue weighted by Gasteiger charge is -2.28. The van der Waals surface area contributed by atoms with Crippen LogP contribution < -0.4 is 4.74 Å². The molecule has 0 aliphatic carbocycles. The van der Waals surface area contributed by atoms with E-state index < -0.39 is 17.0 Å². The van der Waals surface area contributed by atoms with Crippen molar-refractivity contribution in [3.8, 4) is 5.75 Å². The highest BCUT2D eigenvalue weighted by Crippen LogP contribution is 2.45. The van der Waals surface area contributed by atoms with E-state index in [-0.39, 0.29) is 12.4 Å². The minimum atomic E-state index is -2.16. The molecule has 0 aromatic heterocycles. The third kappa shape index (κ3) is 3.98. The molecule has 0 saturated heterocycles. The SMILES string of the molecule is O=CC1C(c2ccc(CO)cc2)=C(c2ccc(CS(=O)[O-])cc2)Oc2ccccc21. The molecule has 0 saturated carbocycles. The van der Waals surface area contributed by atoms with Crippen LogP contribution in [0.15, 0.2) is 72.8 Å². The Morgan fingerprint density at radius 2 is 1.57 bits per heavy atom. The number of para-hydroxylation sites is 1. The predicted octanol–water partition coefficient (Wildman–Crippen LogP) is 3.80. The van der Waals surface area contributed by atoms with Gasteiger partial charge in [0.05, 0.1) is 12.5 Å². The van der Waals surface area contributed by atoms with Crippen molar-refractivity contribution in [1.82, 2.24) is 0 Å². The smallest absolute Gasteiger partial charge is 0.139 e. The average Bonchev–Trinajstić information content (AvgIpc) is 2.78. The summed E-state index contributed by atoms with van der Waals surface area (Å²) in [6, 6.07) is 21.9. The number of aldehydes is 1. The number of fused-ring (bicyclic) bond motifs is 1. The van der Waals surface area contributed by atoms with Crippen LogP contribution in [0.25, 0.3) is 11.3 Å². The summed E-state index contributed by atoms with van der Waals surface area (Å²) < 4.78 is 28.2. The molecule has 1 aliphatic rings. The lowest BCUT2D eigenvalue weighted by molar-refractivity contribution is -0.108. The molecular weight excluding hydrogens is 400 g/mol. The van der Waals surface area contributed by atoms with Crippen molar-refractivity contribution in [1.29, 1.82) is 0 Å². The van der Waals surface area contributed by atoms with E-state index in [1.807, 2.05) is 48.5 Å². The number of carbonyl (C=O) groups is 1. The molecule has 0 radical (unpaired) electrons. The Kier molecular flexibility index (Phi) is 5.90. The van der Waals surface area contributed by atoms with Crippen LogP contribution in [0.5, 0.6) is 5.75 Å². The molecule has 0 amide bonds. The number of carbonyl (C=O) groups excluding carboxylic acids is 1. The number of rotatable bonds is 6. The molecule has 4 rings (SSSR count). The molecule has 0 bridgehead atoms. The molecule has 1 heterocycles. The van der Waals surface area contributed by atoms with Crippen molar-refractivity contribution in [2.45, 2.75) is 18.3 Å². The quantitative estimate of drug-likeness (QED) is 0.485. The van der Waals surface area contributed by atoms with Gasteiger partial charge in [0.2, 0.25) is 0 Å². The Bertz CT molecular complexity index is 1120. The Balaban J connectivity index is 1.87. The van der Waals surface area contributed by atoms with Gasteiger partial charge in [-0.2, -0.15) is 0 Å². The summed E-state index contributed by atoms with van der Waals surface area (Å²) >= 11 is -2.16. The van der Waals surface area contributed by atoms with Crippen LogP contribution in [-0.2, 0) is 28.2 Å². The third-order valence-corrected chi connectivity index (χ3v) is 5.67. The van der Waals surface area contributed by atoms with Gasteiger partial charge in [-0.1, -0.05) is 77.8 Å². The number of aliphatic hydroxyl groups excluding tert-OH is 1. The van der Waals surface area contributed by atoms with E-state index in [1.165, 1.54) is 0 Å². The van der Waals surface area contributed by atoms with E-state index in [9.17, 15) is 18.7 Å². The molecule has 2 unspecified atom stereocenters. The van der Waals surface area contributed by atoms with Gasteiger partial charge in [-0.15, -0.1) is 0 Å². The molecule has 3 aromatic rings. The number of ether oxygens (including phenoxy) is 1. The zero-order valence-electron chi connectivity index (χ0n) is 16.0. The standard InChI is InChI=1S/C24H20O5S/c25-13-16-5-9-18(10-6-16)23-21(14-26)20-3-1-2-4-22(20)29-24(23)19-11-7-17(8-12-19)15-30(27)28/h1-12,14,21,25H,13,15H2,(H,27,28)/p-1. The predicted molar refractivity (Wildman–Crippen MR) is 114 cm³/mol. The van der Waals surface area contributed by atoms with E-state index in [0.717, 1.165) is 34.1 Å². The Labute approximate surface area is 176 Å². The van der Waals surface area contributed by atoms with Crippen molar-refractivity contribution in [2.75, 3.05) is 0 Å². The molecular formula is C24H19O5S-. The van der Waals surface area contributed by atoms with Crippen molar-refractivity contribution < 1.29 is 23.4 Å². The first-order valence-electron chi connectivity index (χ1n) is 9.42. The molecule has 3 aromatic carbocycles. The normalized spacial score (nSPS) is 16.5. The van der Waals surface area contributed by atoms with Crippen LogP contribution in [0.4, 0.5) is 0 Å². The molecule has 0 fully saturated rings. The summed E-state index contributed by atoms with van der Waals surface area (Å²) in [6.45, 7) is -0.0643. The summed E-state index contributed by atoms with van der Waals surface area (Å²) in [5, 5.41) is 9.35. The van der Waals surface area contributed by atoms with Crippen LogP contribution in [0.1, 0.15) is 33.7 Å². The Hall–Kier alpha value is -3.06. The number of hydrogen-bond acceptors (Lipinski definition) is 5. The van der Waals surface area contributed by atoms with E-state index in [1.54, 1.807) is 24.3 Å². The van der Waals surface area contributed by atoms with Crippen LogP contribution in [0, 0.1) is 0 Å². The third-order valence-electron chi connectivity index (χ3n) is 5.11. The highest BCUT2D eigenvalue weighted by molar-refractivity contribution is 7.78. The first kappa shape index (κ1) is 20.2. The Morgan fingerprint density at radius 3 is 2.20 bits per heavy atom. The maximum Gasteiger partial charge on any atom is 0.139 e. The van der Waals surface area contributed by atoms with E-state index in [0.29, 0.717) is 17.1 Å². The fraction of sp³-hybridized carbons (Fsp3) is 0.125. The number of benzene rings is 3.